The van der Waals surface area contributed by atoms with Gasteiger partial charge in [-0.05, 0) is 67.3 Å². The Hall–Kier alpha value is -1.18. The van der Waals surface area contributed by atoms with Crippen molar-refractivity contribution in [1.82, 2.24) is 15.1 Å². The van der Waals surface area contributed by atoms with Crippen molar-refractivity contribution >= 4 is 17.5 Å². The highest BCUT2D eigenvalue weighted by Crippen LogP contribution is 2.42. The first kappa shape index (κ1) is 31.8. The Morgan fingerprint density at radius 2 is 1.70 bits per heavy atom. The lowest BCUT2D eigenvalue weighted by Crippen LogP contribution is -2.55. The van der Waals surface area contributed by atoms with Crippen LogP contribution in [0.4, 0.5) is 0 Å². The average Bonchev–Trinajstić information content (AvgIpc) is 2.71. The third-order valence-corrected chi connectivity index (χ3v) is 7.24. The molecule has 2 aliphatic heterocycles. The fraction of sp³-hybridized carbons (Fsp3) is 0.731. The van der Waals surface area contributed by atoms with Gasteiger partial charge < -0.3 is 26.1 Å². The molecule has 2 saturated heterocycles. The molecule has 33 heavy (non-hydrogen) atoms. The van der Waals surface area contributed by atoms with Crippen LogP contribution in [0.15, 0.2) is 24.3 Å². The van der Waals surface area contributed by atoms with Gasteiger partial charge in [-0.15, -0.1) is 0 Å². The summed E-state index contributed by atoms with van der Waals surface area (Å²) in [5.74, 6) is 1.01. The summed E-state index contributed by atoms with van der Waals surface area (Å²) >= 11 is 6.08. The number of amides is 1. The maximum absolute atomic E-state index is 13.4. The lowest BCUT2D eigenvalue weighted by Gasteiger charge is -2.46. The van der Waals surface area contributed by atoms with E-state index in [1.54, 1.807) is 0 Å². The quantitative estimate of drug-likeness (QED) is 0.636. The van der Waals surface area contributed by atoms with Crippen molar-refractivity contribution < 1.29 is 15.7 Å². The van der Waals surface area contributed by atoms with Gasteiger partial charge in [-0.25, -0.2) is 0 Å². The molecule has 5 N–H and O–H groups in total. The van der Waals surface area contributed by atoms with Crippen molar-refractivity contribution in [3.8, 4) is 0 Å². The summed E-state index contributed by atoms with van der Waals surface area (Å²) in [5, 5.41) is 4.37. The summed E-state index contributed by atoms with van der Waals surface area (Å²) in [6, 6.07) is 8.14. The Kier molecular flexibility index (Phi) is 13.8. The first-order valence-corrected chi connectivity index (χ1v) is 12.2. The van der Waals surface area contributed by atoms with Gasteiger partial charge in [0.05, 0.1) is 6.04 Å². The fourth-order valence-corrected chi connectivity index (χ4v) is 5.35. The predicted octanol–water partition coefficient (Wildman–Crippen LogP) is 3.77. The van der Waals surface area contributed by atoms with Crippen molar-refractivity contribution in [2.75, 3.05) is 39.3 Å². The number of halogens is 1. The molecule has 2 fully saturated rings. The minimum absolute atomic E-state index is 0. The Morgan fingerprint density at radius 1 is 1.09 bits per heavy atom. The zero-order chi connectivity index (χ0) is 21.7. The van der Waals surface area contributed by atoms with Crippen molar-refractivity contribution in [3.63, 3.8) is 0 Å². The molecule has 7 heteroatoms. The predicted molar refractivity (Wildman–Crippen MR) is 140 cm³/mol. The van der Waals surface area contributed by atoms with Gasteiger partial charge in [0.15, 0.2) is 0 Å². The zero-order valence-corrected chi connectivity index (χ0v) is 21.0. The van der Waals surface area contributed by atoms with Gasteiger partial charge in [-0.2, -0.15) is 0 Å². The molecule has 0 aromatic heterocycles. The second kappa shape index (κ2) is 14.3. The maximum atomic E-state index is 13.4. The third kappa shape index (κ3) is 8.52. The minimum atomic E-state index is -0.0994. The molecule has 1 aromatic rings. The van der Waals surface area contributed by atoms with Crippen LogP contribution in [0.2, 0.25) is 5.02 Å². The summed E-state index contributed by atoms with van der Waals surface area (Å²) in [5.41, 5.74) is 1.37. The monoisotopic (exact) mass is 485 g/mol. The number of benzene rings is 1. The SMILES string of the molecule is C.CC(C)[C@@H](NCCN1CCCCC1)C(=O)N1CCC(c2ccc(Cl)cc2)C(C)(C)C1.O.O. The van der Waals surface area contributed by atoms with Crippen LogP contribution in [-0.4, -0.2) is 72.0 Å². The summed E-state index contributed by atoms with van der Waals surface area (Å²) in [7, 11) is 0. The van der Waals surface area contributed by atoms with Crippen LogP contribution >= 0.6 is 11.6 Å². The van der Waals surface area contributed by atoms with Crippen molar-refractivity contribution in [3.05, 3.63) is 34.9 Å². The van der Waals surface area contributed by atoms with E-state index in [9.17, 15) is 4.79 Å². The largest absolute Gasteiger partial charge is 0.412 e. The smallest absolute Gasteiger partial charge is 0.239 e. The fourth-order valence-electron chi connectivity index (χ4n) is 5.22. The number of hydrogen-bond acceptors (Lipinski definition) is 3. The van der Waals surface area contributed by atoms with E-state index >= 15 is 0 Å². The van der Waals surface area contributed by atoms with Crippen LogP contribution in [-0.2, 0) is 4.79 Å². The first-order chi connectivity index (χ1) is 14.3. The summed E-state index contributed by atoms with van der Waals surface area (Å²) < 4.78 is 0. The number of nitrogens with one attached hydrogen (secondary N) is 1. The van der Waals surface area contributed by atoms with Gasteiger partial charge in [0.1, 0.15) is 0 Å². The van der Waals surface area contributed by atoms with Gasteiger partial charge in [0.2, 0.25) is 5.91 Å². The van der Waals surface area contributed by atoms with Crippen molar-refractivity contribution in [2.45, 2.75) is 72.8 Å². The highest BCUT2D eigenvalue weighted by Gasteiger charge is 2.40. The molecule has 0 saturated carbocycles. The molecule has 2 aliphatic rings. The summed E-state index contributed by atoms with van der Waals surface area (Å²) in [6.45, 7) is 14.9. The van der Waals surface area contributed by atoms with Gasteiger partial charge in [0, 0.05) is 31.2 Å². The molecule has 0 aliphatic carbocycles. The number of hydrogen-bond donors (Lipinski definition) is 1. The lowest BCUT2D eigenvalue weighted by atomic mass is 9.70. The first-order valence-electron chi connectivity index (χ1n) is 11.8. The van der Waals surface area contributed by atoms with E-state index in [1.165, 1.54) is 37.9 Å². The molecule has 6 nitrogen and oxygen atoms in total. The van der Waals surface area contributed by atoms with E-state index in [-0.39, 0.29) is 41.7 Å². The summed E-state index contributed by atoms with van der Waals surface area (Å²) in [4.78, 5) is 18.1. The van der Waals surface area contributed by atoms with E-state index in [4.69, 9.17) is 11.6 Å². The lowest BCUT2D eigenvalue weighted by molar-refractivity contribution is -0.138. The van der Waals surface area contributed by atoms with Gasteiger partial charge in [-0.3, -0.25) is 4.79 Å². The molecule has 2 atom stereocenters. The van der Waals surface area contributed by atoms with E-state index in [1.807, 2.05) is 12.1 Å². The number of carbonyl (C=O) groups is 1. The van der Waals surface area contributed by atoms with Crippen molar-refractivity contribution in [2.24, 2.45) is 11.3 Å². The van der Waals surface area contributed by atoms with Crippen LogP contribution < -0.4 is 5.32 Å². The zero-order valence-electron chi connectivity index (χ0n) is 20.3. The standard InChI is InChI=1S/C25H40ClN3O.CH4.2H2O/c1-19(2)23(27-13-17-28-14-6-5-7-15-28)24(30)29-16-12-22(25(3,4)18-29)20-8-10-21(26)11-9-20;;;/h8-11,19,22-23,27H,5-7,12-18H2,1-4H3;1H4;2*1H2/t22?,23-;;;/m1.../s1. The van der Waals surface area contributed by atoms with E-state index in [2.05, 4.69) is 54.9 Å². The number of rotatable bonds is 7. The Labute approximate surface area is 206 Å². The molecular weight excluding hydrogens is 438 g/mol. The van der Waals surface area contributed by atoms with Gasteiger partial charge >= 0.3 is 0 Å². The molecular formula is C26H48ClN3O3. The van der Waals surface area contributed by atoms with Crippen LogP contribution in [0.3, 0.4) is 0 Å². The Balaban J connectivity index is 0.00000341. The molecule has 0 radical (unpaired) electrons. The van der Waals surface area contributed by atoms with Crippen LogP contribution in [0, 0.1) is 11.3 Å². The topological polar surface area (TPSA) is 98.6 Å². The van der Waals surface area contributed by atoms with Crippen LogP contribution in [0.25, 0.3) is 0 Å². The second-order valence-electron chi connectivity index (χ2n) is 10.2. The highest BCUT2D eigenvalue weighted by molar-refractivity contribution is 6.30. The second-order valence-corrected chi connectivity index (χ2v) is 10.7. The molecule has 0 spiro atoms. The minimum Gasteiger partial charge on any atom is -0.412 e. The molecule has 0 bridgehead atoms. The van der Waals surface area contributed by atoms with Crippen LogP contribution in [0.5, 0.6) is 0 Å². The van der Waals surface area contributed by atoms with E-state index < -0.39 is 0 Å². The van der Waals surface area contributed by atoms with E-state index in [0.717, 1.165) is 37.6 Å². The number of piperidine rings is 2. The molecule has 1 unspecified atom stereocenters. The molecule has 3 rings (SSSR count). The Morgan fingerprint density at radius 3 is 2.24 bits per heavy atom. The molecule has 2 heterocycles. The molecule has 1 aromatic carbocycles. The normalized spacial score (nSPS) is 21.4. The number of likely N-dealkylation sites (tertiary alicyclic amines) is 2. The van der Waals surface area contributed by atoms with Crippen LogP contribution in [0.1, 0.15) is 72.3 Å². The highest BCUT2D eigenvalue weighted by atomic mass is 35.5. The Bertz CT molecular complexity index is 691. The molecule has 1 amide bonds. The van der Waals surface area contributed by atoms with Gasteiger partial charge in [0.25, 0.3) is 0 Å². The van der Waals surface area contributed by atoms with Gasteiger partial charge in [-0.1, -0.05) is 65.3 Å². The van der Waals surface area contributed by atoms with E-state index in [0.29, 0.717) is 5.92 Å². The summed E-state index contributed by atoms with van der Waals surface area (Å²) in [6.07, 6.45) is 4.98. The number of carbonyl (C=O) groups excluding carboxylic acids is 1. The molecule has 192 valence electrons. The number of nitrogens with zero attached hydrogens (tertiary/aromatic N) is 2. The average molecular weight is 486 g/mol. The maximum Gasteiger partial charge on any atom is 0.239 e. The van der Waals surface area contributed by atoms with Crippen molar-refractivity contribution in [1.29, 1.82) is 0 Å². The third-order valence-electron chi connectivity index (χ3n) is 6.99.